The molecule has 2 rings (SSSR count). The van der Waals surface area contributed by atoms with Crippen molar-refractivity contribution in [1.29, 1.82) is 0 Å². The van der Waals surface area contributed by atoms with Crippen LogP contribution in [0.5, 0.6) is 17.2 Å². The predicted molar refractivity (Wildman–Crippen MR) is 86.1 cm³/mol. The predicted octanol–water partition coefficient (Wildman–Crippen LogP) is 3.62. The fourth-order valence-corrected chi connectivity index (χ4v) is 3.39. The van der Waals surface area contributed by atoms with Crippen molar-refractivity contribution in [3.05, 3.63) is 46.9 Å². The molecular formula is C15H15BrO5S. The standard InChI is InChI=1S/C15H15BrO5S/c1-3-20-11-4-6-12(7-5-11)21-22(17,18)13-8-9-15(19-2)14(16)10-13/h4-10H,3H2,1-2H3. The minimum absolute atomic E-state index is 0.0362. The first-order valence-corrected chi connectivity index (χ1v) is 8.67. The molecule has 0 aliphatic rings. The maximum absolute atomic E-state index is 12.2. The lowest BCUT2D eigenvalue weighted by Crippen LogP contribution is -2.09. The molecule has 22 heavy (non-hydrogen) atoms. The molecule has 0 saturated carbocycles. The third-order valence-electron chi connectivity index (χ3n) is 2.75. The molecule has 0 aromatic heterocycles. The van der Waals surface area contributed by atoms with Crippen LogP contribution in [0.15, 0.2) is 51.8 Å². The third-order valence-corrected chi connectivity index (χ3v) is 4.62. The number of hydrogen-bond donors (Lipinski definition) is 0. The summed E-state index contributed by atoms with van der Waals surface area (Å²) in [6.45, 7) is 2.41. The molecule has 0 heterocycles. The van der Waals surface area contributed by atoms with Gasteiger partial charge in [0.2, 0.25) is 0 Å². The van der Waals surface area contributed by atoms with Crippen molar-refractivity contribution in [3.8, 4) is 17.2 Å². The van der Waals surface area contributed by atoms with E-state index in [-0.39, 0.29) is 10.6 Å². The van der Waals surface area contributed by atoms with Gasteiger partial charge >= 0.3 is 10.1 Å². The number of ether oxygens (including phenoxy) is 2. The molecule has 2 aromatic rings. The Morgan fingerprint density at radius 2 is 1.68 bits per heavy atom. The van der Waals surface area contributed by atoms with E-state index < -0.39 is 10.1 Å². The van der Waals surface area contributed by atoms with Gasteiger partial charge in [-0.3, -0.25) is 0 Å². The summed E-state index contributed by atoms with van der Waals surface area (Å²) in [5, 5.41) is 0. The molecule has 0 radical (unpaired) electrons. The summed E-state index contributed by atoms with van der Waals surface area (Å²) in [7, 11) is -2.41. The molecule has 0 saturated heterocycles. The normalized spacial score (nSPS) is 11.0. The van der Waals surface area contributed by atoms with Crippen molar-refractivity contribution in [2.45, 2.75) is 11.8 Å². The summed E-state index contributed by atoms with van der Waals surface area (Å²) >= 11 is 3.25. The Labute approximate surface area is 138 Å². The monoisotopic (exact) mass is 386 g/mol. The van der Waals surface area contributed by atoms with Gasteiger partial charge in [-0.2, -0.15) is 8.42 Å². The van der Waals surface area contributed by atoms with E-state index in [0.29, 0.717) is 22.6 Å². The number of halogens is 1. The van der Waals surface area contributed by atoms with Gasteiger partial charge in [0.15, 0.2) is 0 Å². The lowest BCUT2D eigenvalue weighted by atomic mass is 10.3. The second-order valence-electron chi connectivity index (χ2n) is 4.24. The highest BCUT2D eigenvalue weighted by molar-refractivity contribution is 9.10. The number of rotatable bonds is 6. The Balaban J connectivity index is 2.21. The zero-order valence-corrected chi connectivity index (χ0v) is 14.5. The molecule has 0 aliphatic heterocycles. The molecule has 0 N–H and O–H groups in total. The average molecular weight is 387 g/mol. The smallest absolute Gasteiger partial charge is 0.339 e. The van der Waals surface area contributed by atoms with Gasteiger partial charge in [-0.1, -0.05) is 0 Å². The summed E-state index contributed by atoms with van der Waals surface area (Å²) in [6, 6.07) is 10.8. The van der Waals surface area contributed by atoms with Gasteiger partial charge in [-0.15, -0.1) is 0 Å². The van der Waals surface area contributed by atoms with Crippen molar-refractivity contribution in [2.24, 2.45) is 0 Å². The molecule has 0 atom stereocenters. The number of benzene rings is 2. The second kappa shape index (κ2) is 7.02. The summed E-state index contributed by atoms with van der Waals surface area (Å²) in [4.78, 5) is 0.0362. The topological polar surface area (TPSA) is 61.8 Å². The zero-order valence-electron chi connectivity index (χ0n) is 12.1. The van der Waals surface area contributed by atoms with Crippen LogP contribution < -0.4 is 13.7 Å². The van der Waals surface area contributed by atoms with Crippen LogP contribution in [-0.4, -0.2) is 22.1 Å². The van der Waals surface area contributed by atoms with Gasteiger partial charge in [-0.05, 0) is 65.3 Å². The quantitative estimate of drug-likeness (QED) is 0.709. The molecule has 0 spiro atoms. The first-order chi connectivity index (χ1) is 10.5. The van der Waals surface area contributed by atoms with Crippen LogP contribution in [0.2, 0.25) is 0 Å². The minimum atomic E-state index is -3.91. The molecule has 7 heteroatoms. The first kappa shape index (κ1) is 16.6. The molecule has 118 valence electrons. The number of methoxy groups -OCH3 is 1. The molecular weight excluding hydrogens is 372 g/mol. The first-order valence-electron chi connectivity index (χ1n) is 6.47. The fourth-order valence-electron chi connectivity index (χ4n) is 1.74. The van der Waals surface area contributed by atoms with Gasteiger partial charge in [0, 0.05) is 0 Å². The van der Waals surface area contributed by atoms with Gasteiger partial charge in [0.05, 0.1) is 18.2 Å². The van der Waals surface area contributed by atoms with Crippen LogP contribution in [0.4, 0.5) is 0 Å². The van der Waals surface area contributed by atoms with Crippen molar-refractivity contribution in [2.75, 3.05) is 13.7 Å². The van der Waals surface area contributed by atoms with Crippen LogP contribution in [0.3, 0.4) is 0 Å². The fraction of sp³-hybridized carbons (Fsp3) is 0.200. The van der Waals surface area contributed by atoms with Crippen LogP contribution in [-0.2, 0) is 10.1 Å². The Morgan fingerprint density at radius 3 is 2.23 bits per heavy atom. The van der Waals surface area contributed by atoms with Crippen LogP contribution in [0.25, 0.3) is 0 Å². The average Bonchev–Trinajstić information content (AvgIpc) is 2.49. The Hall–Kier alpha value is -1.73. The maximum atomic E-state index is 12.2. The summed E-state index contributed by atoms with van der Waals surface area (Å²) in [5.74, 6) is 1.41. The summed E-state index contributed by atoms with van der Waals surface area (Å²) < 4.78 is 40.5. The van der Waals surface area contributed by atoms with E-state index in [2.05, 4.69) is 15.9 Å². The SMILES string of the molecule is CCOc1ccc(OS(=O)(=O)c2ccc(OC)c(Br)c2)cc1. The molecule has 0 bridgehead atoms. The second-order valence-corrected chi connectivity index (χ2v) is 6.64. The lowest BCUT2D eigenvalue weighted by Gasteiger charge is -2.09. The lowest BCUT2D eigenvalue weighted by molar-refractivity contribution is 0.340. The minimum Gasteiger partial charge on any atom is -0.496 e. The van der Waals surface area contributed by atoms with E-state index >= 15 is 0 Å². The highest BCUT2D eigenvalue weighted by atomic mass is 79.9. The van der Waals surface area contributed by atoms with E-state index in [0.717, 1.165) is 0 Å². The molecule has 2 aromatic carbocycles. The van der Waals surface area contributed by atoms with Gasteiger partial charge < -0.3 is 13.7 Å². The molecule has 0 unspecified atom stereocenters. The Bertz CT molecular complexity index is 741. The summed E-state index contributed by atoms with van der Waals surface area (Å²) in [5.41, 5.74) is 0. The largest absolute Gasteiger partial charge is 0.496 e. The van der Waals surface area contributed by atoms with E-state index in [1.807, 2.05) is 6.92 Å². The Kier molecular flexibility index (Phi) is 5.31. The highest BCUT2D eigenvalue weighted by Gasteiger charge is 2.18. The van der Waals surface area contributed by atoms with Crippen molar-refractivity contribution < 1.29 is 22.1 Å². The molecule has 0 fully saturated rings. The van der Waals surface area contributed by atoms with E-state index in [1.165, 1.54) is 19.2 Å². The van der Waals surface area contributed by atoms with Crippen LogP contribution >= 0.6 is 15.9 Å². The van der Waals surface area contributed by atoms with Crippen molar-refractivity contribution in [1.82, 2.24) is 0 Å². The van der Waals surface area contributed by atoms with Gasteiger partial charge in [0.1, 0.15) is 22.1 Å². The van der Waals surface area contributed by atoms with Crippen molar-refractivity contribution >= 4 is 26.0 Å². The number of hydrogen-bond acceptors (Lipinski definition) is 5. The highest BCUT2D eigenvalue weighted by Crippen LogP contribution is 2.29. The Morgan fingerprint density at radius 1 is 1.05 bits per heavy atom. The van der Waals surface area contributed by atoms with Crippen LogP contribution in [0, 0.1) is 0 Å². The maximum Gasteiger partial charge on any atom is 0.339 e. The van der Waals surface area contributed by atoms with E-state index in [1.54, 1.807) is 30.3 Å². The van der Waals surface area contributed by atoms with E-state index in [9.17, 15) is 8.42 Å². The van der Waals surface area contributed by atoms with Crippen LogP contribution in [0.1, 0.15) is 6.92 Å². The summed E-state index contributed by atoms with van der Waals surface area (Å²) in [6.07, 6.45) is 0. The zero-order chi connectivity index (χ0) is 16.2. The van der Waals surface area contributed by atoms with E-state index in [4.69, 9.17) is 13.7 Å². The molecule has 0 amide bonds. The van der Waals surface area contributed by atoms with Gasteiger partial charge in [-0.25, -0.2) is 0 Å². The van der Waals surface area contributed by atoms with Crippen molar-refractivity contribution in [3.63, 3.8) is 0 Å². The third kappa shape index (κ3) is 3.92. The molecule has 0 aliphatic carbocycles. The van der Waals surface area contributed by atoms with Gasteiger partial charge in [0.25, 0.3) is 0 Å². The molecule has 5 nitrogen and oxygen atoms in total.